The molecule has 11 aromatic carbocycles. The van der Waals surface area contributed by atoms with Crippen LogP contribution in [0.2, 0.25) is 0 Å². The minimum Gasteiger partial charge on any atom is -0.309 e. The van der Waals surface area contributed by atoms with Crippen molar-refractivity contribution in [2.24, 2.45) is 10.9 Å². The lowest BCUT2D eigenvalue weighted by Crippen LogP contribution is -3.10. The van der Waals surface area contributed by atoms with Crippen LogP contribution < -0.4 is 10.6 Å². The van der Waals surface area contributed by atoms with Gasteiger partial charge in [-0.15, -0.1) is 0 Å². The van der Waals surface area contributed by atoms with Gasteiger partial charge in [-0.3, -0.25) is 5.32 Å². The van der Waals surface area contributed by atoms with Gasteiger partial charge in [-0.1, -0.05) is 165 Å². The Balaban J connectivity index is 0.937. The van der Waals surface area contributed by atoms with Gasteiger partial charge in [0.15, 0.2) is 0 Å². The highest BCUT2D eigenvalue weighted by Gasteiger charge is 2.35. The molecule has 5 heteroatoms. The van der Waals surface area contributed by atoms with Crippen LogP contribution in [0.25, 0.3) is 104 Å². The van der Waals surface area contributed by atoms with Crippen molar-refractivity contribution in [2.45, 2.75) is 25.7 Å². The molecule has 1 aliphatic heterocycles. The van der Waals surface area contributed by atoms with E-state index in [1.54, 1.807) is 0 Å². The number of nitrogens with zero attached hydrogens (tertiary/aromatic N) is 3. The first-order valence-electron chi connectivity index (χ1n) is 25.1. The van der Waals surface area contributed by atoms with Crippen LogP contribution in [0.15, 0.2) is 223 Å². The Kier molecular flexibility index (Phi) is 8.91. The van der Waals surface area contributed by atoms with Gasteiger partial charge in [0.25, 0.3) is 0 Å². The van der Waals surface area contributed by atoms with E-state index >= 15 is 0 Å². The Bertz CT molecular complexity index is 4430. The number of benzene rings is 11. The number of rotatable bonds is 5. The first-order valence-corrected chi connectivity index (χ1v) is 25.1. The molecule has 5 nitrogen and oxygen atoms in total. The van der Waals surface area contributed by atoms with Crippen LogP contribution in [0.3, 0.4) is 0 Å². The molecule has 0 spiro atoms. The summed E-state index contributed by atoms with van der Waals surface area (Å²) in [4.78, 5) is 5.61. The first-order chi connectivity index (χ1) is 35.1. The second kappa shape index (κ2) is 15.7. The van der Waals surface area contributed by atoms with Crippen molar-refractivity contribution in [3.8, 4) is 11.4 Å². The van der Waals surface area contributed by atoms with E-state index in [1.807, 2.05) is 0 Å². The van der Waals surface area contributed by atoms with E-state index in [2.05, 4.69) is 251 Å². The van der Waals surface area contributed by atoms with E-state index in [-0.39, 0.29) is 12.3 Å². The van der Waals surface area contributed by atoms with E-state index in [1.165, 1.54) is 109 Å². The third-order valence-electron chi connectivity index (χ3n) is 15.7. The number of allylic oxidation sites excluding steroid dienone is 1. The summed E-state index contributed by atoms with van der Waals surface area (Å²) in [7, 11) is 0. The normalized spacial score (nSPS) is 17.1. The molecule has 0 amide bonds. The van der Waals surface area contributed by atoms with E-state index < -0.39 is 0 Å². The molecule has 1 aliphatic carbocycles. The fraction of sp³-hybridized carbons (Fsp3) is 0.0758. The van der Waals surface area contributed by atoms with Crippen LogP contribution in [0.5, 0.6) is 0 Å². The van der Waals surface area contributed by atoms with Crippen molar-refractivity contribution >= 4 is 98.6 Å². The Morgan fingerprint density at radius 1 is 0.479 bits per heavy atom. The molecule has 3 unspecified atom stereocenters. The fourth-order valence-electron chi connectivity index (χ4n) is 12.3. The van der Waals surface area contributed by atoms with E-state index in [4.69, 9.17) is 4.99 Å². The predicted octanol–water partition coefficient (Wildman–Crippen LogP) is 14.0. The number of quaternary nitrogens is 2. The van der Waals surface area contributed by atoms with Crippen LogP contribution in [-0.4, -0.2) is 15.0 Å². The van der Waals surface area contributed by atoms with E-state index in [0.29, 0.717) is 5.92 Å². The molecule has 0 fully saturated rings. The first kappa shape index (κ1) is 40.3. The molecule has 0 bridgehead atoms. The van der Waals surface area contributed by atoms with Crippen LogP contribution in [0, 0.1) is 5.92 Å². The number of nitrogens with two attached hydrogens (primary N) is 2. The van der Waals surface area contributed by atoms with Gasteiger partial charge in [0.05, 0.1) is 38.9 Å². The van der Waals surface area contributed by atoms with Crippen LogP contribution >= 0.6 is 0 Å². The summed E-state index contributed by atoms with van der Waals surface area (Å²) >= 11 is 0. The summed E-state index contributed by atoms with van der Waals surface area (Å²) in [5, 5.41) is 19.9. The van der Waals surface area contributed by atoms with Crippen LogP contribution in [0.1, 0.15) is 47.1 Å². The summed E-state index contributed by atoms with van der Waals surface area (Å²) in [6.07, 6.45) is 5.58. The lowest BCUT2D eigenvalue weighted by molar-refractivity contribution is -0.901. The van der Waals surface area contributed by atoms with Crippen molar-refractivity contribution < 1.29 is 10.6 Å². The summed E-state index contributed by atoms with van der Waals surface area (Å²) < 4.78 is 5.04. The Morgan fingerprint density at radius 3 is 2.06 bits per heavy atom. The average molecular weight is 912 g/mol. The second-order valence-electron chi connectivity index (χ2n) is 19.9. The maximum absolute atomic E-state index is 5.61. The minimum atomic E-state index is -0.169. The van der Waals surface area contributed by atoms with Crippen molar-refractivity contribution in [1.29, 1.82) is 0 Å². The SMILES string of the molecule is CC1C=Cc2c(ccc3c2c2ccccc2n3-c2ccc3c4cc5ccccc5cc4n(-c4ccccc4C4[NH2+]C(c5ccc6c(ccc7ccccc76)c5)=NC(c5ccc6ccccc6c5)[NH2+]4)c3c2)C1. The van der Waals surface area contributed by atoms with Crippen molar-refractivity contribution in [3.05, 3.63) is 246 Å². The maximum atomic E-state index is 5.61. The topological polar surface area (TPSA) is 55.4 Å². The summed E-state index contributed by atoms with van der Waals surface area (Å²) in [6.45, 7) is 2.31. The predicted molar refractivity (Wildman–Crippen MR) is 296 cm³/mol. The standard InChI is InChI=1S/C66H47N5/c1-40-22-30-53-46(34-40)28-33-60-63(53)55-18-8-10-20-58(55)70(60)50-29-32-54-57-37-44-15-4-5-16-45(44)38-61(57)71(62(54)39-50)59-21-11-9-19-56(59)66-68-64(48-26-23-41-12-2-3-14-43(41)35-48)67-65(69-66)49-27-31-52-47(36-49)25-24-42-13-6-7-17-51(42)52/h2-33,35-40,64,66,68H,34H2,1H3,(H,67,69)/p+2. The molecule has 0 saturated carbocycles. The molecule has 71 heavy (non-hydrogen) atoms. The highest BCUT2D eigenvalue weighted by molar-refractivity contribution is 6.16. The number of para-hydroxylation sites is 2. The van der Waals surface area contributed by atoms with Gasteiger partial charge in [0.1, 0.15) is 0 Å². The lowest BCUT2D eigenvalue weighted by atomic mass is 9.88. The van der Waals surface area contributed by atoms with E-state index in [9.17, 15) is 0 Å². The second-order valence-corrected chi connectivity index (χ2v) is 19.9. The molecular weight excluding hydrogens is 863 g/mol. The van der Waals surface area contributed by atoms with Crippen LogP contribution in [-0.2, 0) is 6.42 Å². The lowest BCUT2D eigenvalue weighted by Gasteiger charge is -2.26. The molecule has 2 aromatic heterocycles. The van der Waals surface area contributed by atoms with Gasteiger partial charge in [0, 0.05) is 32.8 Å². The van der Waals surface area contributed by atoms with Gasteiger partial charge in [-0.25, -0.2) is 5.32 Å². The van der Waals surface area contributed by atoms with Gasteiger partial charge >= 0.3 is 0 Å². The number of aliphatic imine (C=N–C) groups is 1. The number of aromatic nitrogens is 2. The zero-order chi connectivity index (χ0) is 46.7. The van der Waals surface area contributed by atoms with Gasteiger partial charge < -0.3 is 9.13 Å². The number of amidine groups is 1. The molecule has 3 atom stereocenters. The van der Waals surface area contributed by atoms with E-state index in [0.717, 1.165) is 29.2 Å². The zero-order valence-corrected chi connectivity index (χ0v) is 39.3. The van der Waals surface area contributed by atoms with Gasteiger partial charge in [-0.05, 0) is 133 Å². The highest BCUT2D eigenvalue weighted by atomic mass is 15.3. The van der Waals surface area contributed by atoms with Gasteiger partial charge in [0.2, 0.25) is 18.2 Å². The molecule has 336 valence electrons. The quantitative estimate of drug-likeness (QED) is 0.162. The molecule has 4 N–H and O–H groups in total. The molecule has 3 heterocycles. The molecule has 0 radical (unpaired) electrons. The van der Waals surface area contributed by atoms with Crippen LogP contribution in [0.4, 0.5) is 0 Å². The largest absolute Gasteiger partial charge is 0.309 e. The number of fused-ring (bicyclic) bond motifs is 13. The average Bonchev–Trinajstić information content (AvgIpc) is 3.93. The maximum Gasteiger partial charge on any atom is 0.246 e. The zero-order valence-electron chi connectivity index (χ0n) is 39.3. The molecular formula is C66H49N5+2. The Labute approximate surface area is 410 Å². The molecule has 13 aromatic rings. The summed E-state index contributed by atoms with van der Waals surface area (Å²) in [6, 6.07) is 79.1. The highest BCUT2D eigenvalue weighted by Crippen LogP contribution is 2.42. The third-order valence-corrected chi connectivity index (χ3v) is 15.7. The Morgan fingerprint density at radius 2 is 1.17 bits per heavy atom. The Hall–Kier alpha value is -8.61. The van der Waals surface area contributed by atoms with Crippen molar-refractivity contribution in [2.75, 3.05) is 0 Å². The molecule has 0 saturated heterocycles. The molecule has 15 rings (SSSR count). The van der Waals surface area contributed by atoms with Gasteiger partial charge in [-0.2, -0.15) is 4.99 Å². The number of hydrogen-bond donors (Lipinski definition) is 2. The fourth-order valence-corrected chi connectivity index (χ4v) is 12.3. The van der Waals surface area contributed by atoms with Crippen molar-refractivity contribution in [1.82, 2.24) is 9.13 Å². The molecule has 2 aliphatic rings. The number of hydrogen-bond acceptors (Lipinski definition) is 1. The summed E-state index contributed by atoms with van der Waals surface area (Å²) in [5.74, 6) is 1.54. The van der Waals surface area contributed by atoms with Crippen molar-refractivity contribution in [3.63, 3.8) is 0 Å². The summed E-state index contributed by atoms with van der Waals surface area (Å²) in [5.41, 5.74) is 13.5. The monoisotopic (exact) mass is 911 g/mol. The minimum absolute atomic E-state index is 0.0575. The third kappa shape index (κ3) is 6.37. The smallest absolute Gasteiger partial charge is 0.246 e.